The number of aromatic nitrogens is 2. The van der Waals surface area contributed by atoms with Crippen LogP contribution in [0.25, 0.3) is 0 Å². The van der Waals surface area contributed by atoms with Crippen molar-refractivity contribution in [3.05, 3.63) is 40.9 Å². The molecule has 8 heteroatoms. The molecule has 3 rings (SSSR count). The van der Waals surface area contributed by atoms with E-state index in [2.05, 4.69) is 20.2 Å². The zero-order valence-corrected chi connectivity index (χ0v) is 16.1. The lowest BCUT2D eigenvalue weighted by atomic mass is 9.92. The van der Waals surface area contributed by atoms with Crippen molar-refractivity contribution in [2.24, 2.45) is 0 Å². The quantitative estimate of drug-likeness (QED) is 0.785. The van der Waals surface area contributed by atoms with Crippen molar-refractivity contribution >= 4 is 29.2 Å². The molecular weight excluding hydrogens is 364 g/mol. The number of anilines is 1. The predicted molar refractivity (Wildman–Crippen MR) is 104 cm³/mol. The number of hydrogen-bond donors (Lipinski definition) is 2. The standard InChI is InChI=1S/C19H24N4O3S/c1-2-7-16-17(27-23-22-16)18(24)20-14-10-6-11-15(12-14)26-19(25)21-13-8-4-3-5-9-13/h3-5,8-9,14-15H,2,6-7,10-12H2,1H3,(H,20,24)(H,21,25)/t14-,15+/m1/s1. The number of benzene rings is 1. The first-order valence-electron chi connectivity index (χ1n) is 9.30. The van der Waals surface area contributed by atoms with Crippen LogP contribution in [-0.4, -0.2) is 33.7 Å². The Bertz CT molecular complexity index is 765. The van der Waals surface area contributed by atoms with E-state index in [9.17, 15) is 9.59 Å². The SMILES string of the molecule is CCCc1nnsc1C(=O)N[C@@H]1CCC[C@H](OC(=O)Nc2ccccc2)C1. The van der Waals surface area contributed by atoms with Gasteiger partial charge in [-0.3, -0.25) is 10.1 Å². The Morgan fingerprint density at radius 3 is 2.85 bits per heavy atom. The van der Waals surface area contributed by atoms with Crippen LogP contribution in [-0.2, 0) is 11.2 Å². The third-order valence-corrected chi connectivity index (χ3v) is 5.27. The van der Waals surface area contributed by atoms with Crippen LogP contribution in [0.5, 0.6) is 0 Å². The maximum Gasteiger partial charge on any atom is 0.411 e. The number of hydrogen-bond acceptors (Lipinski definition) is 6. The van der Waals surface area contributed by atoms with Gasteiger partial charge in [-0.2, -0.15) is 0 Å². The first kappa shape index (κ1) is 19.3. The number of nitrogens with one attached hydrogen (secondary N) is 2. The smallest absolute Gasteiger partial charge is 0.411 e. The van der Waals surface area contributed by atoms with Crippen LogP contribution in [0.3, 0.4) is 0 Å². The van der Waals surface area contributed by atoms with Crippen molar-refractivity contribution < 1.29 is 14.3 Å². The summed E-state index contributed by atoms with van der Waals surface area (Å²) in [6, 6.07) is 9.18. The lowest BCUT2D eigenvalue weighted by molar-refractivity contribution is 0.0714. The van der Waals surface area contributed by atoms with Crippen molar-refractivity contribution in [3.8, 4) is 0 Å². The Morgan fingerprint density at radius 2 is 2.07 bits per heavy atom. The molecule has 7 nitrogen and oxygen atoms in total. The fourth-order valence-electron chi connectivity index (χ4n) is 3.24. The highest BCUT2D eigenvalue weighted by Crippen LogP contribution is 2.23. The molecule has 0 bridgehead atoms. The summed E-state index contributed by atoms with van der Waals surface area (Å²) in [5.74, 6) is -0.132. The molecular formula is C19H24N4O3S. The van der Waals surface area contributed by atoms with Crippen molar-refractivity contribution in [1.29, 1.82) is 0 Å². The van der Waals surface area contributed by atoms with E-state index in [4.69, 9.17) is 4.74 Å². The minimum absolute atomic E-state index is 0.0163. The van der Waals surface area contributed by atoms with Crippen LogP contribution in [0, 0.1) is 0 Å². The summed E-state index contributed by atoms with van der Waals surface area (Å²) in [6.07, 6.45) is 4.19. The van der Waals surface area contributed by atoms with E-state index in [-0.39, 0.29) is 18.1 Å². The largest absolute Gasteiger partial charge is 0.446 e. The molecule has 0 radical (unpaired) electrons. The number of carbonyl (C=O) groups is 2. The van der Waals surface area contributed by atoms with Gasteiger partial charge in [0.05, 0.1) is 5.69 Å². The van der Waals surface area contributed by atoms with Crippen LogP contribution in [0.15, 0.2) is 30.3 Å². The molecule has 2 amide bonds. The van der Waals surface area contributed by atoms with Crippen LogP contribution in [0.1, 0.15) is 54.4 Å². The topological polar surface area (TPSA) is 93.2 Å². The maximum absolute atomic E-state index is 12.5. The highest BCUT2D eigenvalue weighted by molar-refractivity contribution is 7.08. The van der Waals surface area contributed by atoms with Gasteiger partial charge in [0, 0.05) is 18.2 Å². The zero-order valence-electron chi connectivity index (χ0n) is 15.3. The van der Waals surface area contributed by atoms with E-state index in [1.807, 2.05) is 37.3 Å². The fourth-order valence-corrected chi connectivity index (χ4v) is 3.85. The number of amides is 2. The summed E-state index contributed by atoms with van der Waals surface area (Å²) in [7, 11) is 0. The van der Waals surface area contributed by atoms with Gasteiger partial charge in [0.15, 0.2) is 0 Å². The summed E-state index contributed by atoms with van der Waals surface area (Å²) in [5.41, 5.74) is 1.45. The average molecular weight is 388 g/mol. The van der Waals surface area contributed by atoms with Gasteiger partial charge in [-0.1, -0.05) is 36.0 Å². The molecule has 2 N–H and O–H groups in total. The minimum Gasteiger partial charge on any atom is -0.446 e. The van der Waals surface area contributed by atoms with Crippen molar-refractivity contribution in [1.82, 2.24) is 14.9 Å². The van der Waals surface area contributed by atoms with E-state index < -0.39 is 6.09 Å². The van der Waals surface area contributed by atoms with Crippen LogP contribution < -0.4 is 10.6 Å². The van der Waals surface area contributed by atoms with Crippen LogP contribution in [0.2, 0.25) is 0 Å². The van der Waals surface area contributed by atoms with Gasteiger partial charge in [0.2, 0.25) is 0 Å². The summed E-state index contributed by atoms with van der Waals surface area (Å²) in [5, 5.41) is 9.82. The third-order valence-electron chi connectivity index (χ3n) is 4.50. The first-order valence-corrected chi connectivity index (χ1v) is 10.1. The van der Waals surface area contributed by atoms with E-state index >= 15 is 0 Å². The normalized spacial score (nSPS) is 19.3. The van der Waals surface area contributed by atoms with Gasteiger partial charge in [-0.15, -0.1) is 5.10 Å². The van der Waals surface area contributed by atoms with E-state index in [0.717, 1.165) is 49.3 Å². The van der Waals surface area contributed by atoms with Gasteiger partial charge in [0.1, 0.15) is 11.0 Å². The van der Waals surface area contributed by atoms with Gasteiger partial charge in [0.25, 0.3) is 5.91 Å². The van der Waals surface area contributed by atoms with Gasteiger partial charge < -0.3 is 10.1 Å². The second kappa shape index (κ2) is 9.45. The maximum atomic E-state index is 12.5. The summed E-state index contributed by atoms with van der Waals surface area (Å²) in [6.45, 7) is 2.05. The van der Waals surface area contributed by atoms with E-state index in [1.165, 1.54) is 0 Å². The van der Waals surface area contributed by atoms with Gasteiger partial charge in [-0.25, -0.2) is 4.79 Å². The monoisotopic (exact) mass is 388 g/mol. The Kier molecular flexibility index (Phi) is 6.75. The van der Waals surface area contributed by atoms with Crippen molar-refractivity contribution in [3.63, 3.8) is 0 Å². The molecule has 0 unspecified atom stereocenters. The molecule has 1 aliphatic rings. The molecule has 2 atom stereocenters. The van der Waals surface area contributed by atoms with Gasteiger partial charge >= 0.3 is 6.09 Å². The molecule has 0 spiro atoms. The Morgan fingerprint density at radius 1 is 1.26 bits per heavy atom. The summed E-state index contributed by atoms with van der Waals surface area (Å²) >= 11 is 1.13. The Hall–Kier alpha value is -2.48. The lowest BCUT2D eigenvalue weighted by Crippen LogP contribution is -2.41. The molecule has 1 heterocycles. The molecule has 1 aromatic heterocycles. The average Bonchev–Trinajstić information content (AvgIpc) is 3.11. The molecule has 144 valence electrons. The second-order valence-corrected chi connectivity index (χ2v) is 7.41. The number of ether oxygens (including phenoxy) is 1. The number of para-hydroxylation sites is 1. The highest BCUT2D eigenvalue weighted by Gasteiger charge is 2.27. The number of carbonyl (C=O) groups excluding carboxylic acids is 2. The number of aryl methyl sites for hydroxylation is 1. The van der Waals surface area contributed by atoms with Crippen molar-refractivity contribution in [2.45, 2.75) is 57.6 Å². The van der Waals surface area contributed by atoms with E-state index in [1.54, 1.807) is 0 Å². The number of rotatable bonds is 6. The zero-order chi connectivity index (χ0) is 19.1. The molecule has 1 fully saturated rings. The van der Waals surface area contributed by atoms with Gasteiger partial charge in [-0.05, 0) is 49.3 Å². The Balaban J connectivity index is 1.51. The minimum atomic E-state index is -0.463. The third kappa shape index (κ3) is 5.50. The highest BCUT2D eigenvalue weighted by atomic mass is 32.1. The molecule has 0 aliphatic heterocycles. The lowest BCUT2D eigenvalue weighted by Gasteiger charge is -2.29. The fraction of sp³-hybridized carbons (Fsp3) is 0.474. The number of nitrogens with zero attached hydrogens (tertiary/aromatic N) is 2. The molecule has 1 aromatic carbocycles. The Labute approximate surface area is 162 Å². The molecule has 1 saturated carbocycles. The van der Waals surface area contributed by atoms with E-state index in [0.29, 0.717) is 17.0 Å². The van der Waals surface area contributed by atoms with Crippen molar-refractivity contribution in [2.75, 3.05) is 5.32 Å². The summed E-state index contributed by atoms with van der Waals surface area (Å²) < 4.78 is 9.44. The predicted octanol–water partition coefficient (Wildman–Crippen LogP) is 3.78. The molecule has 27 heavy (non-hydrogen) atoms. The molecule has 1 aliphatic carbocycles. The van der Waals surface area contributed by atoms with Crippen LogP contribution in [0.4, 0.5) is 10.5 Å². The second-order valence-electron chi connectivity index (χ2n) is 6.65. The first-order chi connectivity index (χ1) is 13.2. The molecule has 0 saturated heterocycles. The molecule has 2 aromatic rings. The van der Waals surface area contributed by atoms with Crippen LogP contribution >= 0.6 is 11.5 Å². The summed E-state index contributed by atoms with van der Waals surface area (Å²) in [4.78, 5) is 25.2.